The first-order chi connectivity index (χ1) is 6.65. The third-order valence-electron chi connectivity index (χ3n) is 2.61. The lowest BCUT2D eigenvalue weighted by Crippen LogP contribution is -2.43. The highest BCUT2D eigenvalue weighted by Gasteiger charge is 2.27. The molecule has 1 fully saturated rings. The number of hydrogen-bond donors (Lipinski definition) is 1. The molecule has 1 rings (SSSR count). The first-order valence-electron chi connectivity index (χ1n) is 4.86. The minimum absolute atomic E-state index is 0.468. The van der Waals surface area contributed by atoms with E-state index in [4.69, 9.17) is 0 Å². The van der Waals surface area contributed by atoms with Gasteiger partial charge in [0.1, 0.15) is 0 Å². The minimum atomic E-state index is -2.85. The second-order valence-corrected chi connectivity index (χ2v) is 3.63. The van der Waals surface area contributed by atoms with Crippen LogP contribution in [-0.2, 0) is 4.79 Å². The molecule has 1 amide bonds. The van der Waals surface area contributed by atoms with Gasteiger partial charge in [-0.2, -0.15) is 8.78 Å². The number of likely N-dealkylation sites (tertiary alicyclic amines) is 1. The fourth-order valence-corrected chi connectivity index (χ4v) is 1.78. The van der Waals surface area contributed by atoms with Crippen molar-refractivity contribution in [3.63, 3.8) is 0 Å². The van der Waals surface area contributed by atoms with Crippen molar-refractivity contribution >= 4 is 5.91 Å². The van der Waals surface area contributed by atoms with E-state index in [1.165, 1.54) is 4.90 Å². The molecule has 1 saturated heterocycles. The molecule has 0 saturated carbocycles. The Kier molecular flexibility index (Phi) is 4.25. The third-order valence-corrected chi connectivity index (χ3v) is 2.61. The van der Waals surface area contributed by atoms with Crippen LogP contribution < -0.4 is 5.32 Å². The monoisotopic (exact) mass is 206 g/mol. The highest BCUT2D eigenvalue weighted by Crippen LogP contribution is 2.17. The Morgan fingerprint density at radius 3 is 2.50 bits per heavy atom. The van der Waals surface area contributed by atoms with E-state index >= 15 is 0 Å². The Morgan fingerprint density at radius 2 is 2.07 bits per heavy atom. The van der Waals surface area contributed by atoms with Gasteiger partial charge in [0.15, 0.2) is 0 Å². The van der Waals surface area contributed by atoms with Crippen molar-refractivity contribution in [3.05, 3.63) is 0 Å². The van der Waals surface area contributed by atoms with Gasteiger partial charge in [-0.1, -0.05) is 0 Å². The van der Waals surface area contributed by atoms with Gasteiger partial charge < -0.3 is 10.2 Å². The summed E-state index contributed by atoms with van der Waals surface area (Å²) in [7, 11) is 1.87. The Bertz CT molecular complexity index is 191. The molecule has 14 heavy (non-hydrogen) atoms. The summed E-state index contributed by atoms with van der Waals surface area (Å²) in [5.74, 6) is -0.505. The molecule has 1 N–H and O–H groups in total. The Morgan fingerprint density at radius 1 is 1.50 bits per heavy atom. The van der Waals surface area contributed by atoms with Crippen LogP contribution in [0.4, 0.5) is 8.78 Å². The van der Waals surface area contributed by atoms with Gasteiger partial charge in [0.2, 0.25) is 0 Å². The van der Waals surface area contributed by atoms with E-state index in [9.17, 15) is 13.6 Å². The molecule has 0 bridgehead atoms. The zero-order valence-corrected chi connectivity index (χ0v) is 8.30. The molecule has 0 spiro atoms. The maximum absolute atomic E-state index is 12.1. The van der Waals surface area contributed by atoms with Crippen molar-refractivity contribution in [2.45, 2.75) is 19.3 Å². The number of carbonyl (C=O) groups excluding carboxylic acids is 1. The molecule has 0 aromatic carbocycles. The van der Waals surface area contributed by atoms with Gasteiger partial charge in [0.25, 0.3) is 5.91 Å². The summed E-state index contributed by atoms with van der Waals surface area (Å²) in [6, 6.07) is 0. The van der Waals surface area contributed by atoms with Crippen molar-refractivity contribution in [2.75, 3.05) is 26.7 Å². The molecule has 5 heteroatoms. The van der Waals surface area contributed by atoms with Crippen LogP contribution >= 0.6 is 0 Å². The van der Waals surface area contributed by atoms with Gasteiger partial charge >= 0.3 is 6.43 Å². The molecule has 3 nitrogen and oxygen atoms in total. The molecule has 1 aliphatic rings. The summed E-state index contributed by atoms with van der Waals surface area (Å²) in [5.41, 5.74) is 0. The van der Waals surface area contributed by atoms with E-state index < -0.39 is 12.3 Å². The lowest BCUT2D eigenvalue weighted by Gasteiger charge is -2.31. The summed E-state index contributed by atoms with van der Waals surface area (Å²) in [5, 5.41) is 3.05. The van der Waals surface area contributed by atoms with Crippen LogP contribution in [0.1, 0.15) is 12.8 Å². The number of nitrogens with zero attached hydrogens (tertiary/aromatic N) is 1. The second-order valence-electron chi connectivity index (χ2n) is 3.63. The Balaban J connectivity index is 2.32. The quantitative estimate of drug-likeness (QED) is 0.737. The highest BCUT2D eigenvalue weighted by atomic mass is 19.3. The zero-order chi connectivity index (χ0) is 10.6. The van der Waals surface area contributed by atoms with Gasteiger partial charge in [-0.25, -0.2) is 0 Å². The van der Waals surface area contributed by atoms with Gasteiger partial charge in [-0.05, 0) is 32.4 Å². The molecule has 0 unspecified atom stereocenters. The van der Waals surface area contributed by atoms with Gasteiger partial charge in [0.05, 0.1) is 0 Å². The van der Waals surface area contributed by atoms with Gasteiger partial charge in [-0.15, -0.1) is 0 Å². The first kappa shape index (κ1) is 11.4. The van der Waals surface area contributed by atoms with Crippen LogP contribution in [0.2, 0.25) is 0 Å². The van der Waals surface area contributed by atoms with Crippen LogP contribution in [0.3, 0.4) is 0 Å². The highest BCUT2D eigenvalue weighted by molar-refractivity contribution is 5.79. The van der Waals surface area contributed by atoms with Gasteiger partial charge in [-0.3, -0.25) is 4.79 Å². The number of piperidine rings is 1. The van der Waals surface area contributed by atoms with Crippen LogP contribution in [0.15, 0.2) is 0 Å². The number of rotatable bonds is 3. The summed E-state index contributed by atoms with van der Waals surface area (Å²) >= 11 is 0. The van der Waals surface area contributed by atoms with E-state index in [1.54, 1.807) is 0 Å². The van der Waals surface area contributed by atoms with Crippen LogP contribution in [0.5, 0.6) is 0 Å². The minimum Gasteiger partial charge on any atom is -0.338 e. The molecule has 82 valence electrons. The van der Waals surface area contributed by atoms with Crippen molar-refractivity contribution in [2.24, 2.45) is 5.92 Å². The molecule has 0 aliphatic carbocycles. The van der Waals surface area contributed by atoms with Crippen LogP contribution in [0, 0.1) is 5.92 Å². The smallest absolute Gasteiger partial charge is 0.315 e. The number of hydrogen-bond acceptors (Lipinski definition) is 2. The van der Waals surface area contributed by atoms with E-state index in [0.29, 0.717) is 19.0 Å². The fourth-order valence-electron chi connectivity index (χ4n) is 1.78. The molecular weight excluding hydrogens is 190 g/mol. The van der Waals surface area contributed by atoms with Crippen LogP contribution in [-0.4, -0.2) is 43.9 Å². The average Bonchev–Trinajstić information content (AvgIpc) is 2.18. The summed E-state index contributed by atoms with van der Waals surface area (Å²) in [4.78, 5) is 12.2. The molecule has 0 aromatic rings. The number of nitrogens with one attached hydrogen (secondary N) is 1. The van der Waals surface area contributed by atoms with E-state index in [-0.39, 0.29) is 0 Å². The predicted molar refractivity (Wildman–Crippen MR) is 49.2 cm³/mol. The maximum atomic E-state index is 12.1. The number of alkyl halides is 2. The van der Waals surface area contributed by atoms with Crippen molar-refractivity contribution in [1.29, 1.82) is 0 Å². The van der Waals surface area contributed by atoms with E-state index in [0.717, 1.165) is 19.4 Å². The Labute approximate surface area is 82.5 Å². The number of amides is 1. The van der Waals surface area contributed by atoms with Crippen molar-refractivity contribution < 1.29 is 13.6 Å². The fraction of sp³-hybridized carbons (Fsp3) is 0.889. The topological polar surface area (TPSA) is 32.3 Å². The normalized spacial score (nSPS) is 19.0. The largest absolute Gasteiger partial charge is 0.338 e. The summed E-state index contributed by atoms with van der Waals surface area (Å²) in [6.07, 6.45) is -1.21. The molecular formula is C9H16F2N2O. The predicted octanol–water partition coefficient (Wildman–Crippen LogP) is 0.709. The number of carbonyl (C=O) groups is 1. The van der Waals surface area contributed by atoms with Gasteiger partial charge in [0, 0.05) is 13.1 Å². The van der Waals surface area contributed by atoms with Crippen molar-refractivity contribution in [3.8, 4) is 0 Å². The lowest BCUT2D eigenvalue weighted by molar-refractivity contribution is -0.144. The van der Waals surface area contributed by atoms with Crippen molar-refractivity contribution in [1.82, 2.24) is 10.2 Å². The molecule has 0 aromatic heterocycles. The molecule has 1 aliphatic heterocycles. The summed E-state index contributed by atoms with van der Waals surface area (Å²) < 4.78 is 24.1. The summed E-state index contributed by atoms with van der Waals surface area (Å²) in [6.45, 7) is 1.84. The lowest BCUT2D eigenvalue weighted by atomic mass is 9.97. The molecule has 0 atom stereocenters. The maximum Gasteiger partial charge on any atom is 0.315 e. The standard InChI is InChI=1S/C9H16F2N2O/c1-12-6-7-2-4-13(5-3-7)9(14)8(10)11/h7-8,12H,2-6H2,1H3. The molecule has 1 heterocycles. The number of halogens is 2. The Hall–Kier alpha value is -0.710. The average molecular weight is 206 g/mol. The van der Waals surface area contributed by atoms with E-state index in [2.05, 4.69) is 5.32 Å². The second kappa shape index (κ2) is 5.24. The third kappa shape index (κ3) is 2.90. The first-order valence-corrected chi connectivity index (χ1v) is 4.86. The van der Waals surface area contributed by atoms with Crippen LogP contribution in [0.25, 0.3) is 0 Å². The SMILES string of the molecule is CNCC1CCN(C(=O)C(F)F)CC1. The molecule has 0 radical (unpaired) electrons. The zero-order valence-electron chi connectivity index (χ0n) is 8.30. The van der Waals surface area contributed by atoms with E-state index in [1.807, 2.05) is 7.05 Å².